The van der Waals surface area contributed by atoms with E-state index < -0.39 is 10.8 Å². The van der Waals surface area contributed by atoms with Crippen LogP contribution in [0.2, 0.25) is 0 Å². The fraction of sp³-hybridized carbons (Fsp3) is 0.533. The van der Waals surface area contributed by atoms with Gasteiger partial charge in [-0.15, -0.1) is 0 Å². The van der Waals surface area contributed by atoms with Crippen LogP contribution in [0.4, 0.5) is 0 Å². The Hall–Kier alpha value is -1.56. The van der Waals surface area contributed by atoms with Crippen LogP contribution >= 0.6 is 0 Å². The van der Waals surface area contributed by atoms with E-state index in [2.05, 4.69) is 10.1 Å². The second-order valence-corrected chi connectivity index (χ2v) is 8.00. The second kappa shape index (κ2) is 5.02. The number of carbonyl (C=O) groups excluding carboxylic acids is 1. The summed E-state index contributed by atoms with van der Waals surface area (Å²) in [6, 6.07) is 1.81. The monoisotopic (exact) mass is 303 g/mol. The summed E-state index contributed by atoms with van der Waals surface area (Å²) in [5.74, 6) is 0.126. The van der Waals surface area contributed by atoms with Crippen molar-refractivity contribution < 1.29 is 9.00 Å². The van der Waals surface area contributed by atoms with E-state index >= 15 is 0 Å². The van der Waals surface area contributed by atoms with Gasteiger partial charge in [0.2, 0.25) is 0 Å². The van der Waals surface area contributed by atoms with Gasteiger partial charge in [-0.1, -0.05) is 6.42 Å². The summed E-state index contributed by atoms with van der Waals surface area (Å²) in [4.78, 5) is 17.0. The van der Waals surface area contributed by atoms with Gasteiger partial charge in [0.1, 0.15) is 0 Å². The average molecular weight is 303 g/mol. The minimum atomic E-state index is -0.731. The fourth-order valence-electron chi connectivity index (χ4n) is 3.62. The molecular formula is C15H17N3O2S. The maximum absolute atomic E-state index is 12.7. The average Bonchev–Trinajstić information content (AvgIpc) is 2.93. The number of carbonyl (C=O) groups is 1. The number of aromatic nitrogens is 3. The first-order valence-corrected chi connectivity index (χ1v) is 8.73. The van der Waals surface area contributed by atoms with E-state index in [9.17, 15) is 9.00 Å². The van der Waals surface area contributed by atoms with Crippen molar-refractivity contribution in [3.8, 4) is 0 Å². The van der Waals surface area contributed by atoms with E-state index in [4.69, 9.17) is 0 Å². The maximum atomic E-state index is 12.7. The number of rotatable bonds is 2. The van der Waals surface area contributed by atoms with Gasteiger partial charge in [-0.05, 0) is 25.7 Å². The summed E-state index contributed by atoms with van der Waals surface area (Å²) in [6.07, 6.45) is 9.76. The predicted octanol–water partition coefficient (Wildman–Crippen LogP) is 1.99. The molecule has 2 aromatic heterocycles. The minimum absolute atomic E-state index is 0.00666. The van der Waals surface area contributed by atoms with Crippen LogP contribution in [0.25, 0.3) is 5.65 Å². The lowest BCUT2D eigenvalue weighted by Crippen LogP contribution is -2.41. The first-order valence-electron chi connectivity index (χ1n) is 7.45. The topological polar surface area (TPSA) is 64.3 Å². The minimum Gasteiger partial charge on any atom is -0.294 e. The molecule has 2 aliphatic heterocycles. The molecule has 2 aliphatic rings. The van der Waals surface area contributed by atoms with Crippen molar-refractivity contribution in [3.05, 3.63) is 30.2 Å². The zero-order valence-corrected chi connectivity index (χ0v) is 12.5. The van der Waals surface area contributed by atoms with Gasteiger partial charge in [0, 0.05) is 45.7 Å². The van der Waals surface area contributed by atoms with Crippen LogP contribution in [-0.4, -0.2) is 35.1 Å². The molecule has 110 valence electrons. The van der Waals surface area contributed by atoms with Crippen LogP contribution in [0.5, 0.6) is 0 Å². The Balaban J connectivity index is 1.61. The second-order valence-electron chi connectivity index (χ2n) is 6.01. The number of fused-ring (bicyclic) bond motifs is 3. The summed E-state index contributed by atoms with van der Waals surface area (Å²) in [7, 11) is -0.731. The molecule has 2 fully saturated rings. The Kier molecular flexibility index (Phi) is 3.14. The zero-order chi connectivity index (χ0) is 14.4. The first-order chi connectivity index (χ1) is 10.2. The summed E-state index contributed by atoms with van der Waals surface area (Å²) >= 11 is 0. The summed E-state index contributed by atoms with van der Waals surface area (Å²) in [5, 5.41) is 4.56. The van der Waals surface area contributed by atoms with Crippen LogP contribution in [-0.2, 0) is 10.8 Å². The van der Waals surface area contributed by atoms with Crippen molar-refractivity contribution in [1.82, 2.24) is 14.6 Å². The van der Waals surface area contributed by atoms with Crippen LogP contribution in [0.15, 0.2) is 24.7 Å². The van der Waals surface area contributed by atoms with Crippen molar-refractivity contribution in [2.45, 2.75) is 42.6 Å². The summed E-state index contributed by atoms with van der Waals surface area (Å²) in [5.41, 5.74) is 1.36. The lowest BCUT2D eigenvalue weighted by molar-refractivity contribution is 0.0894. The highest BCUT2D eigenvalue weighted by Crippen LogP contribution is 2.38. The van der Waals surface area contributed by atoms with Crippen LogP contribution in [0.3, 0.4) is 0 Å². The standard InChI is InChI=1S/C15H17N3O2S/c19-15(11-8-16-14-4-5-17-18(14)9-11)10-6-12-2-1-3-13(7-10)21(12)20/h4-5,8-10,12-13H,1-3,6-7H2. The highest BCUT2D eigenvalue weighted by atomic mass is 32.2. The molecule has 4 rings (SSSR count). The fourth-order valence-corrected chi connectivity index (χ4v) is 5.81. The molecule has 6 heteroatoms. The van der Waals surface area contributed by atoms with Crippen LogP contribution < -0.4 is 0 Å². The van der Waals surface area contributed by atoms with E-state index in [1.165, 1.54) is 0 Å². The quantitative estimate of drug-likeness (QED) is 0.796. The van der Waals surface area contributed by atoms with Gasteiger partial charge in [0.15, 0.2) is 11.4 Å². The summed E-state index contributed by atoms with van der Waals surface area (Å²) < 4.78 is 13.9. The van der Waals surface area contributed by atoms with E-state index in [-0.39, 0.29) is 22.2 Å². The lowest BCUT2D eigenvalue weighted by Gasteiger charge is -2.37. The van der Waals surface area contributed by atoms with Gasteiger partial charge in [0.25, 0.3) is 0 Å². The molecule has 0 aromatic carbocycles. The highest BCUT2D eigenvalue weighted by molar-refractivity contribution is 7.86. The van der Waals surface area contributed by atoms with Crippen LogP contribution in [0.1, 0.15) is 42.5 Å². The van der Waals surface area contributed by atoms with E-state index in [0.717, 1.165) is 37.8 Å². The SMILES string of the molecule is O=C(c1cnc2ccnn2c1)C1CC2CCCC(C1)S2=O. The van der Waals surface area contributed by atoms with E-state index in [1.807, 2.05) is 6.07 Å². The smallest absolute Gasteiger partial charge is 0.169 e. The zero-order valence-electron chi connectivity index (χ0n) is 11.6. The molecule has 2 unspecified atom stereocenters. The molecule has 0 spiro atoms. The van der Waals surface area contributed by atoms with Gasteiger partial charge in [0.05, 0.1) is 11.8 Å². The van der Waals surface area contributed by atoms with Crippen LogP contribution in [0, 0.1) is 5.92 Å². The third-order valence-corrected chi connectivity index (χ3v) is 6.88. The predicted molar refractivity (Wildman–Crippen MR) is 79.6 cm³/mol. The molecule has 4 heterocycles. The van der Waals surface area contributed by atoms with Gasteiger partial charge >= 0.3 is 0 Å². The van der Waals surface area contributed by atoms with Crippen molar-refractivity contribution in [2.75, 3.05) is 0 Å². The van der Waals surface area contributed by atoms with Gasteiger partial charge in [-0.2, -0.15) is 5.10 Å². The summed E-state index contributed by atoms with van der Waals surface area (Å²) in [6.45, 7) is 0. The molecule has 0 amide bonds. The molecule has 0 aliphatic carbocycles. The largest absolute Gasteiger partial charge is 0.294 e. The molecule has 0 radical (unpaired) electrons. The molecule has 21 heavy (non-hydrogen) atoms. The number of hydrogen-bond acceptors (Lipinski definition) is 4. The van der Waals surface area contributed by atoms with Crippen molar-refractivity contribution >= 4 is 22.2 Å². The molecular weight excluding hydrogens is 286 g/mol. The number of Topliss-reactive ketones (excluding diaryl/α,β-unsaturated/α-hetero) is 1. The number of nitrogens with zero attached hydrogens (tertiary/aromatic N) is 3. The molecule has 0 saturated carbocycles. The lowest BCUT2D eigenvalue weighted by atomic mass is 9.85. The maximum Gasteiger partial charge on any atom is 0.169 e. The van der Waals surface area contributed by atoms with E-state index in [0.29, 0.717) is 5.56 Å². The first kappa shape index (κ1) is 13.1. The van der Waals surface area contributed by atoms with Gasteiger partial charge in [-0.25, -0.2) is 9.50 Å². The van der Waals surface area contributed by atoms with Gasteiger partial charge in [-0.3, -0.25) is 9.00 Å². The van der Waals surface area contributed by atoms with E-state index in [1.54, 1.807) is 23.1 Å². The molecule has 2 aromatic rings. The highest BCUT2D eigenvalue weighted by Gasteiger charge is 2.40. The van der Waals surface area contributed by atoms with Crippen molar-refractivity contribution in [1.29, 1.82) is 0 Å². The molecule has 5 nitrogen and oxygen atoms in total. The Bertz CT molecular complexity index is 711. The molecule has 2 atom stereocenters. The third kappa shape index (κ3) is 2.21. The number of ketones is 1. The Morgan fingerprint density at radius 1 is 1.29 bits per heavy atom. The van der Waals surface area contributed by atoms with Crippen molar-refractivity contribution in [3.63, 3.8) is 0 Å². The normalized spacial score (nSPS) is 32.2. The van der Waals surface area contributed by atoms with Gasteiger partial charge < -0.3 is 0 Å². The Morgan fingerprint density at radius 3 is 2.81 bits per heavy atom. The Morgan fingerprint density at radius 2 is 2.05 bits per heavy atom. The van der Waals surface area contributed by atoms with Crippen molar-refractivity contribution in [2.24, 2.45) is 5.92 Å². The Labute approximate surface area is 125 Å². The molecule has 2 bridgehead atoms. The third-order valence-electron chi connectivity index (χ3n) is 4.71. The molecule has 0 N–H and O–H groups in total. The molecule has 2 saturated heterocycles. The number of hydrogen-bond donors (Lipinski definition) is 0.